The monoisotopic (exact) mass is 335 g/mol. The Morgan fingerprint density at radius 3 is 2.83 bits per heavy atom. The summed E-state index contributed by atoms with van der Waals surface area (Å²) in [5.74, 6) is -1.64. The summed E-state index contributed by atoms with van der Waals surface area (Å²) < 4.78 is 5.31. The second-order valence-corrected chi connectivity index (χ2v) is 5.90. The number of benzene rings is 1. The third kappa shape index (κ3) is 3.00. The van der Waals surface area contributed by atoms with Crippen LogP contribution >= 0.6 is 11.8 Å². The van der Waals surface area contributed by atoms with E-state index in [0.29, 0.717) is 5.75 Å². The second-order valence-electron chi connectivity index (χ2n) is 4.83. The van der Waals surface area contributed by atoms with Gasteiger partial charge in [0.1, 0.15) is 17.2 Å². The smallest absolute Gasteiger partial charge is 0.371 e. The normalized spacial score (nSPS) is 22.5. The third-order valence-electron chi connectivity index (χ3n) is 3.35. The van der Waals surface area contributed by atoms with Gasteiger partial charge in [-0.15, -0.1) is 11.8 Å². The zero-order chi connectivity index (χ0) is 16.4. The van der Waals surface area contributed by atoms with Crippen LogP contribution < -0.4 is 10.1 Å². The summed E-state index contributed by atoms with van der Waals surface area (Å²) in [5, 5.41) is 11.1. The molecular weight excluding hydrogens is 322 g/mol. The van der Waals surface area contributed by atoms with Gasteiger partial charge in [-0.25, -0.2) is 4.79 Å². The van der Waals surface area contributed by atoms with Crippen LogP contribution in [-0.2, 0) is 14.4 Å². The van der Waals surface area contributed by atoms with Crippen molar-refractivity contribution in [3.63, 3.8) is 0 Å². The number of nitrogens with zero attached hydrogens (tertiary/aromatic N) is 2. The lowest BCUT2D eigenvalue weighted by atomic mass is 10.1. The van der Waals surface area contributed by atoms with E-state index in [-0.39, 0.29) is 18.3 Å². The lowest BCUT2D eigenvalue weighted by molar-refractivity contribution is -0.145. The van der Waals surface area contributed by atoms with Crippen LogP contribution in [-0.4, -0.2) is 57.5 Å². The molecule has 0 saturated carbocycles. The van der Waals surface area contributed by atoms with Crippen LogP contribution in [0.1, 0.15) is 0 Å². The number of fused-ring (bicyclic) bond motifs is 1. The molecule has 8 nitrogen and oxygen atoms in total. The van der Waals surface area contributed by atoms with E-state index >= 15 is 0 Å². The van der Waals surface area contributed by atoms with Gasteiger partial charge in [-0.05, 0) is 12.1 Å². The first-order valence-electron chi connectivity index (χ1n) is 6.77. The molecular formula is C14H13N3O5S. The van der Waals surface area contributed by atoms with E-state index in [9.17, 15) is 14.4 Å². The molecule has 2 aliphatic rings. The van der Waals surface area contributed by atoms with E-state index in [1.54, 1.807) is 24.3 Å². The van der Waals surface area contributed by atoms with Gasteiger partial charge >= 0.3 is 5.97 Å². The first-order chi connectivity index (χ1) is 11.1. The number of thioether (sulfide) groups is 1. The van der Waals surface area contributed by atoms with Crippen LogP contribution in [0.4, 0.5) is 0 Å². The minimum atomic E-state index is -1.25. The van der Waals surface area contributed by atoms with E-state index in [1.807, 2.05) is 6.07 Å². The Morgan fingerprint density at radius 1 is 1.39 bits per heavy atom. The predicted molar refractivity (Wildman–Crippen MR) is 82.0 cm³/mol. The van der Waals surface area contributed by atoms with Crippen molar-refractivity contribution in [3.8, 4) is 5.75 Å². The van der Waals surface area contributed by atoms with Gasteiger partial charge in [-0.2, -0.15) is 0 Å². The highest BCUT2D eigenvalue weighted by Gasteiger charge is 2.53. The quantitative estimate of drug-likeness (QED) is 0.728. The number of carbonyl (C=O) groups is 3. The van der Waals surface area contributed by atoms with Gasteiger partial charge in [0.2, 0.25) is 5.84 Å². The van der Waals surface area contributed by atoms with E-state index < -0.39 is 29.2 Å². The minimum absolute atomic E-state index is 0.217. The lowest BCUT2D eigenvalue weighted by Crippen LogP contribution is -2.73. The molecule has 1 aromatic carbocycles. The van der Waals surface area contributed by atoms with Crippen molar-refractivity contribution in [3.05, 3.63) is 30.3 Å². The van der Waals surface area contributed by atoms with Gasteiger partial charge in [0.15, 0.2) is 6.61 Å². The number of hydrogen-bond donors (Lipinski definition) is 2. The maximum absolute atomic E-state index is 12.0. The molecule has 1 saturated heterocycles. The first kappa shape index (κ1) is 15.3. The molecule has 2 N–H and O–H groups in total. The van der Waals surface area contributed by atoms with Gasteiger partial charge < -0.3 is 15.2 Å². The molecule has 0 radical (unpaired) electrons. The van der Waals surface area contributed by atoms with Crippen molar-refractivity contribution in [2.75, 3.05) is 12.5 Å². The molecule has 2 heterocycles. The molecule has 3 rings (SSSR count). The summed E-state index contributed by atoms with van der Waals surface area (Å²) >= 11 is 1.30. The minimum Gasteiger partial charge on any atom is -0.484 e. The Morgan fingerprint density at radius 2 is 2.13 bits per heavy atom. The fourth-order valence-corrected chi connectivity index (χ4v) is 3.37. The number of ether oxygens (including phenoxy) is 1. The maximum Gasteiger partial charge on any atom is 0.371 e. The number of carbonyl (C=O) groups excluding carboxylic acids is 2. The van der Waals surface area contributed by atoms with E-state index in [4.69, 9.17) is 9.84 Å². The molecule has 0 aliphatic carbocycles. The number of carboxylic acids is 1. The van der Waals surface area contributed by atoms with E-state index in [1.165, 1.54) is 11.8 Å². The Bertz CT molecular complexity index is 678. The Labute approximate surface area is 135 Å². The fourth-order valence-electron chi connectivity index (χ4n) is 2.30. The van der Waals surface area contributed by atoms with Gasteiger partial charge in [0, 0.05) is 0 Å². The molecule has 0 spiro atoms. The summed E-state index contributed by atoms with van der Waals surface area (Å²) in [6, 6.07) is 8.08. The van der Waals surface area contributed by atoms with Gasteiger partial charge in [0.05, 0.1) is 5.88 Å². The van der Waals surface area contributed by atoms with Crippen LogP contribution in [0.5, 0.6) is 5.75 Å². The molecule has 1 fully saturated rings. The molecule has 2 aliphatic heterocycles. The molecule has 23 heavy (non-hydrogen) atoms. The third-order valence-corrected chi connectivity index (χ3v) is 4.45. The number of rotatable bonds is 5. The van der Waals surface area contributed by atoms with Crippen LogP contribution in [0.3, 0.4) is 0 Å². The van der Waals surface area contributed by atoms with Crippen molar-refractivity contribution in [1.29, 1.82) is 0 Å². The number of β-lactam (4-membered cyclic amide) rings is 1. The van der Waals surface area contributed by atoms with Crippen LogP contribution in [0.15, 0.2) is 35.3 Å². The maximum atomic E-state index is 12.0. The van der Waals surface area contributed by atoms with Gasteiger partial charge in [-0.1, -0.05) is 18.2 Å². The number of aliphatic carboxylic acids is 1. The number of carboxylic acid groups (broad SMARTS) is 1. The molecule has 2 amide bonds. The molecule has 0 aromatic heterocycles. The molecule has 2 atom stereocenters. The largest absolute Gasteiger partial charge is 0.484 e. The zero-order valence-corrected chi connectivity index (χ0v) is 12.7. The highest BCUT2D eigenvalue weighted by atomic mass is 32.2. The zero-order valence-electron chi connectivity index (χ0n) is 11.8. The average Bonchev–Trinajstić information content (AvgIpc) is 2.57. The predicted octanol–water partition coefficient (Wildman–Crippen LogP) is -0.0941. The number of para-hydroxylation sites is 1. The Kier molecular flexibility index (Phi) is 4.20. The SMILES string of the molecule is O=C(COc1ccccc1)NC1C(=O)N2C(C(=O)O)=NCSC12. The molecule has 2 unspecified atom stereocenters. The summed E-state index contributed by atoms with van der Waals surface area (Å²) in [6.07, 6.45) is 0. The first-order valence-corrected chi connectivity index (χ1v) is 7.82. The summed E-state index contributed by atoms with van der Waals surface area (Å²) in [6.45, 7) is -0.217. The standard InChI is InChI=1S/C14H13N3O5S/c18-9(6-22-8-4-2-1-3-5-8)16-10-12(19)17-11(14(20)21)15-7-23-13(10)17/h1-5,10,13H,6-7H2,(H,16,18)(H,20,21). The lowest BCUT2D eigenvalue weighted by Gasteiger charge is -2.47. The second kappa shape index (κ2) is 6.29. The molecule has 1 aromatic rings. The average molecular weight is 335 g/mol. The number of aliphatic imine (C=N–C) groups is 1. The van der Waals surface area contributed by atoms with Crippen molar-refractivity contribution in [2.45, 2.75) is 11.4 Å². The number of nitrogens with one attached hydrogen (secondary N) is 1. The summed E-state index contributed by atoms with van der Waals surface area (Å²) in [7, 11) is 0. The molecule has 0 bridgehead atoms. The molecule has 120 valence electrons. The van der Waals surface area contributed by atoms with Gasteiger partial charge in [-0.3, -0.25) is 19.5 Å². The molecule has 9 heteroatoms. The number of amides is 2. The topological polar surface area (TPSA) is 108 Å². The van der Waals surface area contributed by atoms with E-state index in [0.717, 1.165) is 4.90 Å². The van der Waals surface area contributed by atoms with Gasteiger partial charge in [0.25, 0.3) is 11.8 Å². The Balaban J connectivity index is 1.55. The van der Waals surface area contributed by atoms with Crippen molar-refractivity contribution >= 4 is 35.4 Å². The van der Waals surface area contributed by atoms with Crippen molar-refractivity contribution in [1.82, 2.24) is 10.2 Å². The summed E-state index contributed by atoms with van der Waals surface area (Å²) in [5.41, 5.74) is 0. The summed E-state index contributed by atoms with van der Waals surface area (Å²) in [4.78, 5) is 39.9. The van der Waals surface area contributed by atoms with Crippen molar-refractivity contribution < 1.29 is 24.2 Å². The number of hydrogen-bond acceptors (Lipinski definition) is 6. The van der Waals surface area contributed by atoms with Crippen molar-refractivity contribution in [2.24, 2.45) is 4.99 Å². The Hall–Kier alpha value is -2.55. The van der Waals surface area contributed by atoms with Crippen LogP contribution in [0.2, 0.25) is 0 Å². The fraction of sp³-hybridized carbons (Fsp3) is 0.286. The van der Waals surface area contributed by atoms with Crippen LogP contribution in [0.25, 0.3) is 0 Å². The highest BCUT2D eigenvalue weighted by Crippen LogP contribution is 2.33. The number of amidine groups is 1. The van der Waals surface area contributed by atoms with Crippen LogP contribution in [0, 0.1) is 0 Å². The van der Waals surface area contributed by atoms with E-state index in [2.05, 4.69) is 10.3 Å². The highest BCUT2D eigenvalue weighted by molar-refractivity contribution is 8.00.